The number of rotatable bonds is 63. The number of unbranched alkanes of at least 4 members (excludes halogenated alkanes) is 39. The summed E-state index contributed by atoms with van der Waals surface area (Å²) in [6, 6.07) is -0.829. The lowest BCUT2D eigenvalue weighted by atomic mass is 9.99. The van der Waals surface area contributed by atoms with Gasteiger partial charge < -0.3 is 45.1 Å². The van der Waals surface area contributed by atoms with E-state index < -0.39 is 49.5 Å². The largest absolute Gasteiger partial charge is 0.466 e. The lowest BCUT2D eigenvalue weighted by Crippen LogP contribution is -2.60. The second-order valence-corrected chi connectivity index (χ2v) is 24.9. The van der Waals surface area contributed by atoms with E-state index in [0.717, 1.165) is 70.6 Å². The van der Waals surface area contributed by atoms with Gasteiger partial charge in [-0.05, 0) is 103 Å². The molecule has 1 aliphatic rings. The van der Waals surface area contributed by atoms with E-state index >= 15 is 0 Å². The van der Waals surface area contributed by atoms with Gasteiger partial charge in [0.1, 0.15) is 24.4 Å². The molecule has 0 aromatic heterocycles. The van der Waals surface area contributed by atoms with Gasteiger partial charge in [0.05, 0.1) is 32.0 Å². The molecule has 0 radical (unpaired) electrons. The number of carbonyl (C=O) groups is 2. The number of allylic oxidation sites excluding steroid dienone is 11. The Kier molecular flexibility index (Phi) is 60.0. The standard InChI is InChI=1S/C75H135NO10/c1-3-5-7-9-11-13-15-17-39-43-47-51-55-59-63-71(80)84-64-60-56-52-48-44-40-36-34-32-30-28-26-24-22-20-18-19-21-23-25-27-29-31-33-35-38-42-46-50-54-58-62-70(79)76-67(66-85-75-74(83)73(82)72(81)69(65-77)86-75)68(78)61-57-53-49-45-41-37-16-14-12-10-8-6-4-2/h9,11,15,17,20,22,26,28,41,45,57,61,67-69,72-75,77-78,81-83H,3-8,10,12-14,16,18-19,21,23-25,27,29-40,42-44,46-56,58-60,62-66H2,1-2H3,(H,76,79)/b11-9-,17-15-,22-20-,28-26-,45-41+,61-57+. The van der Waals surface area contributed by atoms with Crippen molar-refractivity contribution in [2.24, 2.45) is 0 Å². The molecular weight excluding hydrogens is 1070 g/mol. The fourth-order valence-corrected chi connectivity index (χ4v) is 11.0. The fourth-order valence-electron chi connectivity index (χ4n) is 11.0. The van der Waals surface area contributed by atoms with Crippen LogP contribution in [0.25, 0.3) is 0 Å². The van der Waals surface area contributed by atoms with Crippen LogP contribution in [0.4, 0.5) is 0 Å². The van der Waals surface area contributed by atoms with E-state index in [9.17, 15) is 35.1 Å². The summed E-state index contributed by atoms with van der Waals surface area (Å²) in [5.41, 5.74) is 0. The molecule has 7 atom stereocenters. The third kappa shape index (κ3) is 51.9. The number of carbonyl (C=O) groups excluding carboxylic acids is 2. The molecule has 500 valence electrons. The van der Waals surface area contributed by atoms with Crippen LogP contribution in [0.2, 0.25) is 0 Å². The zero-order valence-corrected chi connectivity index (χ0v) is 55.5. The smallest absolute Gasteiger partial charge is 0.305 e. The maximum atomic E-state index is 13.1. The minimum atomic E-state index is -1.58. The average molecular weight is 1210 g/mol. The number of hydrogen-bond acceptors (Lipinski definition) is 10. The maximum absolute atomic E-state index is 13.1. The van der Waals surface area contributed by atoms with E-state index in [0.29, 0.717) is 19.4 Å². The number of esters is 1. The quantitative estimate of drug-likeness (QED) is 0.0195. The number of amides is 1. The molecule has 7 unspecified atom stereocenters. The molecule has 11 nitrogen and oxygen atoms in total. The molecule has 0 saturated carbocycles. The number of hydrogen-bond donors (Lipinski definition) is 6. The van der Waals surface area contributed by atoms with Crippen LogP contribution in [0.15, 0.2) is 72.9 Å². The van der Waals surface area contributed by atoms with E-state index in [1.807, 2.05) is 6.08 Å². The highest BCUT2D eigenvalue weighted by molar-refractivity contribution is 5.76. The second-order valence-electron chi connectivity index (χ2n) is 24.9. The lowest BCUT2D eigenvalue weighted by molar-refractivity contribution is -0.302. The second kappa shape index (κ2) is 63.7. The Labute approximate surface area is 528 Å². The summed E-state index contributed by atoms with van der Waals surface area (Å²) >= 11 is 0. The molecule has 1 aliphatic heterocycles. The highest BCUT2D eigenvalue weighted by atomic mass is 16.7. The van der Waals surface area contributed by atoms with Gasteiger partial charge in [-0.3, -0.25) is 9.59 Å². The Morgan fingerprint density at radius 2 is 0.802 bits per heavy atom. The van der Waals surface area contributed by atoms with Crippen molar-refractivity contribution >= 4 is 11.9 Å². The van der Waals surface area contributed by atoms with Crippen molar-refractivity contribution in [3.8, 4) is 0 Å². The van der Waals surface area contributed by atoms with Gasteiger partial charge in [0.2, 0.25) is 5.91 Å². The van der Waals surface area contributed by atoms with Gasteiger partial charge in [-0.1, -0.05) is 286 Å². The molecule has 0 aromatic carbocycles. The maximum Gasteiger partial charge on any atom is 0.305 e. The molecule has 1 fully saturated rings. The minimum Gasteiger partial charge on any atom is -0.466 e. The van der Waals surface area contributed by atoms with Gasteiger partial charge in [-0.15, -0.1) is 0 Å². The van der Waals surface area contributed by atoms with Crippen LogP contribution < -0.4 is 5.32 Å². The summed E-state index contributed by atoms with van der Waals surface area (Å²) in [4.78, 5) is 25.1. The van der Waals surface area contributed by atoms with Crippen LogP contribution in [0.5, 0.6) is 0 Å². The van der Waals surface area contributed by atoms with Crippen molar-refractivity contribution in [3.63, 3.8) is 0 Å². The van der Waals surface area contributed by atoms with Crippen molar-refractivity contribution in [3.05, 3.63) is 72.9 Å². The topological polar surface area (TPSA) is 175 Å². The summed E-state index contributed by atoms with van der Waals surface area (Å²) < 4.78 is 16.7. The average Bonchev–Trinajstić information content (AvgIpc) is 2.38. The van der Waals surface area contributed by atoms with Gasteiger partial charge in [0.15, 0.2) is 6.29 Å². The summed E-state index contributed by atoms with van der Waals surface area (Å²) in [7, 11) is 0. The van der Waals surface area contributed by atoms with Crippen LogP contribution in [-0.4, -0.2) is 100 Å². The summed E-state index contributed by atoms with van der Waals surface area (Å²) in [5.74, 6) is -0.201. The minimum absolute atomic E-state index is 0.0101. The summed E-state index contributed by atoms with van der Waals surface area (Å²) in [6.07, 6.45) is 76.1. The van der Waals surface area contributed by atoms with Gasteiger partial charge in [0, 0.05) is 12.8 Å². The van der Waals surface area contributed by atoms with Crippen LogP contribution in [-0.2, 0) is 23.8 Å². The van der Waals surface area contributed by atoms with Gasteiger partial charge in [0.25, 0.3) is 0 Å². The normalized spacial score (nSPS) is 18.3. The summed E-state index contributed by atoms with van der Waals surface area (Å²) in [5, 5.41) is 54.5. The van der Waals surface area contributed by atoms with Gasteiger partial charge >= 0.3 is 5.97 Å². The number of ether oxygens (including phenoxy) is 3. The molecule has 1 rings (SSSR count). The molecule has 6 N–H and O–H groups in total. The van der Waals surface area contributed by atoms with Crippen molar-refractivity contribution < 1.29 is 49.3 Å². The molecule has 1 amide bonds. The first-order valence-electron chi connectivity index (χ1n) is 36.2. The number of aliphatic hydroxyl groups excluding tert-OH is 5. The van der Waals surface area contributed by atoms with Gasteiger partial charge in [-0.2, -0.15) is 0 Å². The predicted octanol–water partition coefficient (Wildman–Crippen LogP) is 18.7. The Balaban J connectivity index is 1.98. The molecule has 0 aromatic rings. The zero-order valence-electron chi connectivity index (χ0n) is 55.5. The van der Waals surface area contributed by atoms with Crippen molar-refractivity contribution in [1.29, 1.82) is 0 Å². The van der Waals surface area contributed by atoms with E-state index in [1.54, 1.807) is 6.08 Å². The predicted molar refractivity (Wildman–Crippen MR) is 361 cm³/mol. The molecule has 0 spiro atoms. The molecule has 0 aliphatic carbocycles. The third-order valence-electron chi connectivity index (χ3n) is 16.8. The highest BCUT2D eigenvalue weighted by Gasteiger charge is 2.44. The first-order chi connectivity index (χ1) is 42.2. The monoisotopic (exact) mass is 1210 g/mol. The Morgan fingerprint density at radius 1 is 0.430 bits per heavy atom. The van der Waals surface area contributed by atoms with E-state index in [4.69, 9.17) is 14.2 Å². The van der Waals surface area contributed by atoms with E-state index in [2.05, 4.69) is 79.9 Å². The van der Waals surface area contributed by atoms with Crippen LogP contribution in [0, 0.1) is 0 Å². The third-order valence-corrected chi connectivity index (χ3v) is 16.8. The fraction of sp³-hybridized carbons (Fsp3) is 0.813. The van der Waals surface area contributed by atoms with Gasteiger partial charge in [-0.25, -0.2) is 0 Å². The molecule has 0 bridgehead atoms. The first kappa shape index (κ1) is 81.1. The lowest BCUT2D eigenvalue weighted by Gasteiger charge is -2.40. The van der Waals surface area contributed by atoms with Crippen LogP contribution in [0.1, 0.15) is 328 Å². The van der Waals surface area contributed by atoms with Crippen LogP contribution in [0.3, 0.4) is 0 Å². The van der Waals surface area contributed by atoms with E-state index in [1.165, 1.54) is 231 Å². The van der Waals surface area contributed by atoms with E-state index in [-0.39, 0.29) is 18.5 Å². The molecule has 1 heterocycles. The first-order valence-corrected chi connectivity index (χ1v) is 36.2. The van der Waals surface area contributed by atoms with Crippen molar-refractivity contribution in [2.75, 3.05) is 19.8 Å². The summed E-state index contributed by atoms with van der Waals surface area (Å²) in [6.45, 7) is 4.29. The number of aliphatic hydroxyl groups is 5. The Morgan fingerprint density at radius 3 is 1.26 bits per heavy atom. The molecule has 86 heavy (non-hydrogen) atoms. The SMILES string of the molecule is CCCC/C=C\C/C=C\CCCCCCCC(=O)OCCCCCCCCCCC/C=C\C/C=C\CCCCCCCCCCCCCCCCCC(=O)NC(COC1OC(CO)C(O)C(O)C1O)C(O)/C=C/CC/C=C/CCCCCCCCC. The number of nitrogens with one attached hydrogen (secondary N) is 1. The Bertz CT molecular complexity index is 1660. The Hall–Kier alpha value is -2.90. The molecule has 1 saturated heterocycles. The van der Waals surface area contributed by atoms with Crippen molar-refractivity contribution in [1.82, 2.24) is 5.32 Å². The van der Waals surface area contributed by atoms with Crippen LogP contribution >= 0.6 is 0 Å². The van der Waals surface area contributed by atoms with Crippen molar-refractivity contribution in [2.45, 2.75) is 371 Å². The highest BCUT2D eigenvalue weighted by Crippen LogP contribution is 2.23. The zero-order chi connectivity index (χ0) is 62.3. The molecule has 11 heteroatoms. The molecular formula is C75H135NO10.